The van der Waals surface area contributed by atoms with Crippen LogP contribution in [0.3, 0.4) is 0 Å². The second kappa shape index (κ2) is 20.4. The largest absolute Gasteiger partial charge is 0.494 e. The number of primary amides is 1. The summed E-state index contributed by atoms with van der Waals surface area (Å²) in [6.07, 6.45) is 4.09. The fourth-order valence-electron chi connectivity index (χ4n) is 5.84. The van der Waals surface area contributed by atoms with Crippen molar-refractivity contribution in [2.75, 3.05) is 32.8 Å². The number of piperidine rings is 1. The molecule has 0 bridgehead atoms. The zero-order valence-electron chi connectivity index (χ0n) is 30.6. The summed E-state index contributed by atoms with van der Waals surface area (Å²) in [5.74, 6) is -0.962. The van der Waals surface area contributed by atoms with Crippen molar-refractivity contribution in [1.29, 1.82) is 0 Å². The molecule has 0 atom stereocenters. The Kier molecular flexibility index (Phi) is 15.8. The number of aliphatic hydroxyl groups excluding tert-OH is 1. The van der Waals surface area contributed by atoms with Crippen LogP contribution < -0.4 is 25.7 Å². The third kappa shape index (κ3) is 12.4. The number of benzene rings is 3. The minimum atomic E-state index is -1.61. The number of nitrogens with zero attached hydrogens (tertiary/aromatic N) is 2. The third-order valence-electron chi connectivity index (χ3n) is 9.08. The molecule has 0 unspecified atom stereocenters. The van der Waals surface area contributed by atoms with Crippen molar-refractivity contribution in [2.24, 2.45) is 11.5 Å². The summed E-state index contributed by atoms with van der Waals surface area (Å²) < 4.78 is 18.3. The van der Waals surface area contributed by atoms with Crippen LogP contribution in [-0.4, -0.2) is 86.6 Å². The average Bonchev–Trinajstić information content (AvgIpc) is 3.17. The molecule has 1 aliphatic rings. The van der Waals surface area contributed by atoms with Crippen LogP contribution in [0.2, 0.25) is 5.02 Å². The van der Waals surface area contributed by atoms with Crippen molar-refractivity contribution in [1.82, 2.24) is 9.88 Å². The molecule has 1 amide bonds. The molecule has 15 heteroatoms. The Labute approximate surface area is 324 Å². The average molecular weight is 779 g/mol. The van der Waals surface area contributed by atoms with E-state index in [0.717, 1.165) is 41.0 Å². The summed E-state index contributed by atoms with van der Waals surface area (Å²) in [5.41, 5.74) is 15.5. The van der Waals surface area contributed by atoms with Gasteiger partial charge in [-0.2, -0.15) is 0 Å². The Hall–Kier alpha value is -5.25. The van der Waals surface area contributed by atoms with Gasteiger partial charge in [0.25, 0.3) is 0 Å². The molecule has 8 N–H and O–H groups in total. The molecule has 2 heterocycles. The third-order valence-corrected chi connectivity index (χ3v) is 9.37. The number of rotatable bonds is 17. The summed E-state index contributed by atoms with van der Waals surface area (Å²) in [6, 6.07) is 19.1. The van der Waals surface area contributed by atoms with Gasteiger partial charge in [-0.3, -0.25) is 14.6 Å². The van der Waals surface area contributed by atoms with Gasteiger partial charge in [0.1, 0.15) is 30.5 Å². The van der Waals surface area contributed by atoms with Crippen molar-refractivity contribution in [2.45, 2.75) is 58.0 Å². The van der Waals surface area contributed by atoms with Crippen molar-refractivity contribution in [3.8, 4) is 28.4 Å². The van der Waals surface area contributed by atoms with Gasteiger partial charge in [-0.25, -0.2) is 4.79 Å². The quantitative estimate of drug-likeness (QED) is 0.0809. The molecule has 1 saturated heterocycles. The zero-order valence-corrected chi connectivity index (χ0v) is 31.3. The molecular weight excluding hydrogens is 732 g/mol. The van der Waals surface area contributed by atoms with Gasteiger partial charge in [-0.1, -0.05) is 41.9 Å². The summed E-state index contributed by atoms with van der Waals surface area (Å²) >= 11 is 6.58. The van der Waals surface area contributed by atoms with Gasteiger partial charge >= 0.3 is 11.9 Å². The molecule has 0 spiro atoms. The first-order valence-electron chi connectivity index (χ1n) is 17.7. The van der Waals surface area contributed by atoms with Crippen LogP contribution in [0.4, 0.5) is 0 Å². The number of amides is 1. The first-order chi connectivity index (χ1) is 26.3. The van der Waals surface area contributed by atoms with Gasteiger partial charge in [0, 0.05) is 55.8 Å². The van der Waals surface area contributed by atoms with Gasteiger partial charge in [0.05, 0.1) is 30.2 Å². The maximum absolute atomic E-state index is 11.5. The molecule has 1 fully saturated rings. The SMILES string of the molecule is Cc1c(COc2cc(OCc3cncc(C(N)=O)c3)c(CN)cc2Cl)cccc1-c1cccc(OCCCN2CCC(O)(C(=O)O)CC2)c1.O=C(O)CCO. The van der Waals surface area contributed by atoms with Crippen molar-refractivity contribution in [3.05, 3.63) is 106 Å². The van der Waals surface area contributed by atoms with Crippen LogP contribution in [0.15, 0.2) is 73.1 Å². The first kappa shape index (κ1) is 42.5. The molecule has 1 aliphatic heterocycles. The number of hydrogen-bond acceptors (Lipinski definition) is 11. The van der Waals surface area contributed by atoms with E-state index >= 15 is 0 Å². The van der Waals surface area contributed by atoms with Crippen LogP contribution in [0.1, 0.15) is 58.3 Å². The highest BCUT2D eigenvalue weighted by Gasteiger charge is 2.39. The molecule has 55 heavy (non-hydrogen) atoms. The van der Waals surface area contributed by atoms with Gasteiger partial charge in [0.2, 0.25) is 5.91 Å². The molecule has 14 nitrogen and oxygen atoms in total. The molecule has 5 rings (SSSR count). The van der Waals surface area contributed by atoms with Crippen LogP contribution in [0, 0.1) is 6.92 Å². The van der Waals surface area contributed by atoms with Crippen LogP contribution in [0.5, 0.6) is 17.2 Å². The molecule has 0 aliphatic carbocycles. The molecule has 294 valence electrons. The van der Waals surface area contributed by atoms with E-state index in [0.29, 0.717) is 52.9 Å². The lowest BCUT2D eigenvalue weighted by Crippen LogP contribution is -2.49. The Morgan fingerprint density at radius 1 is 0.927 bits per heavy atom. The summed E-state index contributed by atoms with van der Waals surface area (Å²) in [6.45, 7) is 4.77. The molecule has 0 saturated carbocycles. The van der Waals surface area contributed by atoms with Crippen molar-refractivity contribution < 1.29 is 49.0 Å². The molecule has 1 aromatic heterocycles. The number of aliphatic hydroxyl groups is 2. The van der Waals surface area contributed by atoms with E-state index in [4.69, 9.17) is 47.5 Å². The fourth-order valence-corrected chi connectivity index (χ4v) is 6.08. The lowest BCUT2D eigenvalue weighted by Gasteiger charge is -2.35. The van der Waals surface area contributed by atoms with Crippen molar-refractivity contribution >= 4 is 29.4 Å². The predicted octanol–water partition coefficient (Wildman–Crippen LogP) is 4.56. The lowest BCUT2D eigenvalue weighted by atomic mass is 9.91. The summed E-state index contributed by atoms with van der Waals surface area (Å²) in [5, 5.41) is 35.4. The standard InChI is InChI=1S/C37H41ClN4O7.C3H6O3/c1-24-27(23-49-34-18-33(28(19-39)17-32(34)38)48-22-25-15-29(35(40)43)21-41-20-25)6-3-8-31(24)26-5-2-7-30(16-26)47-14-4-11-42-12-9-37(46,10-13-42)36(44)45;4-2-1-3(5)6/h2-3,5-8,15-18,20-21,46H,4,9-14,19,22-23,39H2,1H3,(H2,40,43)(H,44,45);4H,1-2H2,(H,5,6). The summed E-state index contributed by atoms with van der Waals surface area (Å²) in [4.78, 5) is 38.5. The van der Waals surface area contributed by atoms with Gasteiger partial charge in [0.15, 0.2) is 5.60 Å². The van der Waals surface area contributed by atoms with E-state index in [1.54, 1.807) is 24.4 Å². The molecule has 4 aromatic rings. The smallest absolute Gasteiger partial charge is 0.335 e. The zero-order chi connectivity index (χ0) is 40.0. The maximum Gasteiger partial charge on any atom is 0.335 e. The van der Waals surface area contributed by atoms with Gasteiger partial charge < -0.3 is 51.0 Å². The fraction of sp³-hybridized carbons (Fsp3) is 0.350. The second-order valence-corrected chi connectivity index (χ2v) is 13.4. The number of nitrogens with two attached hydrogens (primary N) is 2. The normalized spacial score (nSPS) is 13.6. The van der Waals surface area contributed by atoms with Gasteiger partial charge in [-0.15, -0.1) is 0 Å². The number of aliphatic carboxylic acids is 2. The van der Waals surface area contributed by atoms with E-state index < -0.39 is 23.4 Å². The highest BCUT2D eigenvalue weighted by Crippen LogP contribution is 2.35. The molecule has 3 aromatic carbocycles. The number of pyridine rings is 1. The summed E-state index contributed by atoms with van der Waals surface area (Å²) in [7, 11) is 0. The van der Waals surface area contributed by atoms with E-state index in [2.05, 4.69) is 16.0 Å². The number of hydrogen-bond donors (Lipinski definition) is 6. The van der Waals surface area contributed by atoms with Crippen molar-refractivity contribution in [3.63, 3.8) is 0 Å². The van der Waals surface area contributed by atoms with E-state index in [9.17, 15) is 24.6 Å². The Morgan fingerprint density at radius 2 is 1.65 bits per heavy atom. The number of likely N-dealkylation sites (tertiary alicyclic amines) is 1. The van der Waals surface area contributed by atoms with E-state index in [1.807, 2.05) is 43.3 Å². The molecular formula is C40H47ClN4O10. The highest BCUT2D eigenvalue weighted by molar-refractivity contribution is 6.32. The Morgan fingerprint density at radius 3 is 2.31 bits per heavy atom. The predicted molar refractivity (Wildman–Crippen MR) is 205 cm³/mol. The van der Waals surface area contributed by atoms with Crippen LogP contribution in [0.25, 0.3) is 11.1 Å². The molecule has 0 radical (unpaired) electrons. The monoisotopic (exact) mass is 778 g/mol. The Balaban J connectivity index is 0.00000104. The number of aromatic nitrogens is 1. The van der Waals surface area contributed by atoms with Crippen LogP contribution >= 0.6 is 11.6 Å². The number of ether oxygens (including phenoxy) is 3. The topological polar surface area (TPSA) is 228 Å². The van der Waals surface area contributed by atoms with E-state index in [1.165, 1.54) is 6.20 Å². The van der Waals surface area contributed by atoms with E-state index in [-0.39, 0.29) is 45.6 Å². The minimum Gasteiger partial charge on any atom is -0.494 e. The number of halogens is 1. The second-order valence-electron chi connectivity index (χ2n) is 13.0. The van der Waals surface area contributed by atoms with Crippen LogP contribution in [-0.2, 0) is 29.3 Å². The Bertz CT molecular complexity index is 1930. The number of carbonyl (C=O) groups excluding carboxylic acids is 1. The maximum atomic E-state index is 11.5. The highest BCUT2D eigenvalue weighted by atomic mass is 35.5. The number of carboxylic acid groups (broad SMARTS) is 2. The van der Waals surface area contributed by atoms with Gasteiger partial charge in [-0.05, 0) is 72.7 Å². The lowest BCUT2D eigenvalue weighted by molar-refractivity contribution is -0.163. The number of carboxylic acids is 2. The first-order valence-corrected chi connectivity index (χ1v) is 18.1. The minimum absolute atomic E-state index is 0.143. The number of carbonyl (C=O) groups is 3.